The lowest BCUT2D eigenvalue weighted by atomic mass is 9.87. The summed E-state index contributed by atoms with van der Waals surface area (Å²) in [6, 6.07) is 7.94. The zero-order chi connectivity index (χ0) is 18.8. The van der Waals surface area contributed by atoms with E-state index >= 15 is 0 Å². The minimum atomic E-state index is -0.918. The van der Waals surface area contributed by atoms with E-state index < -0.39 is 5.97 Å². The van der Waals surface area contributed by atoms with Gasteiger partial charge in [-0.05, 0) is 49.1 Å². The highest BCUT2D eigenvalue weighted by Crippen LogP contribution is 2.43. The summed E-state index contributed by atoms with van der Waals surface area (Å²) in [5.41, 5.74) is 5.64. The van der Waals surface area contributed by atoms with Crippen molar-refractivity contribution in [2.24, 2.45) is 0 Å². The largest absolute Gasteiger partial charge is 0.481 e. The molecule has 0 atom stereocenters. The molecule has 2 aromatic carbocycles. The number of carbonyl (C=O) groups excluding carboxylic acids is 1. The van der Waals surface area contributed by atoms with Crippen LogP contribution in [-0.2, 0) is 16.0 Å². The molecule has 0 aliphatic carbocycles. The smallest absolute Gasteiger partial charge is 0.307 e. The molecular formula is C21H21NO4. The average molecular weight is 351 g/mol. The number of ether oxygens (including phenoxy) is 1. The summed E-state index contributed by atoms with van der Waals surface area (Å²) in [5, 5.41) is 12.3. The Morgan fingerprint density at radius 1 is 1.15 bits per heavy atom. The van der Waals surface area contributed by atoms with Crippen molar-refractivity contribution in [3.63, 3.8) is 0 Å². The Morgan fingerprint density at radius 3 is 2.50 bits per heavy atom. The molecule has 5 nitrogen and oxygen atoms in total. The van der Waals surface area contributed by atoms with E-state index in [-0.39, 0.29) is 18.7 Å². The van der Waals surface area contributed by atoms with Crippen molar-refractivity contribution in [3.05, 3.63) is 58.9 Å². The molecule has 1 aliphatic heterocycles. The molecule has 1 amide bonds. The second-order valence-corrected chi connectivity index (χ2v) is 6.49. The van der Waals surface area contributed by atoms with Gasteiger partial charge in [-0.2, -0.15) is 0 Å². The Hall–Kier alpha value is -3.08. The summed E-state index contributed by atoms with van der Waals surface area (Å²) in [6.07, 6.45) is 3.25. The summed E-state index contributed by atoms with van der Waals surface area (Å²) in [5.74, 6) is -0.520. The van der Waals surface area contributed by atoms with E-state index in [2.05, 4.69) is 5.32 Å². The van der Waals surface area contributed by atoms with Gasteiger partial charge in [0.1, 0.15) is 0 Å². The predicted octanol–water partition coefficient (Wildman–Crippen LogP) is 4.14. The van der Waals surface area contributed by atoms with Gasteiger partial charge >= 0.3 is 5.97 Å². The first kappa shape index (κ1) is 17.7. The van der Waals surface area contributed by atoms with E-state index in [0.717, 1.165) is 22.3 Å². The number of benzene rings is 2. The van der Waals surface area contributed by atoms with Crippen LogP contribution in [0.5, 0.6) is 5.75 Å². The fourth-order valence-corrected chi connectivity index (χ4v) is 3.28. The number of fused-ring (bicyclic) bond motifs is 1. The number of aryl methyl sites for hydroxylation is 1. The van der Waals surface area contributed by atoms with Gasteiger partial charge in [0.2, 0.25) is 5.91 Å². The number of hydrogen-bond acceptors (Lipinski definition) is 3. The maximum absolute atomic E-state index is 12.1. The quantitative estimate of drug-likeness (QED) is 0.871. The van der Waals surface area contributed by atoms with Crippen LogP contribution in [0.3, 0.4) is 0 Å². The fraction of sp³-hybridized carbons (Fsp3) is 0.238. The molecule has 26 heavy (non-hydrogen) atoms. The van der Waals surface area contributed by atoms with Crippen LogP contribution in [0.25, 0.3) is 11.1 Å². The van der Waals surface area contributed by atoms with Crippen molar-refractivity contribution in [2.75, 3.05) is 5.32 Å². The number of aliphatic carboxylic acids is 1. The van der Waals surface area contributed by atoms with E-state index in [1.54, 1.807) is 6.08 Å². The molecule has 2 aromatic rings. The monoisotopic (exact) mass is 351 g/mol. The standard InChI is InChI=1S/C21H21NO4/c1-12-6-8-15(9-7-12)19-14(3)21-20(13(2)16(19)11-18(24)25)22-17(23)5-4-10-26-21/h4,6-10H,5,11H2,1-3H3,(H,22,23)(H,24,25)/b10-4-. The summed E-state index contributed by atoms with van der Waals surface area (Å²) in [4.78, 5) is 23.5. The maximum atomic E-state index is 12.1. The maximum Gasteiger partial charge on any atom is 0.307 e. The van der Waals surface area contributed by atoms with Crippen LogP contribution in [0.15, 0.2) is 36.6 Å². The molecule has 5 heteroatoms. The molecule has 0 fully saturated rings. The third-order valence-electron chi connectivity index (χ3n) is 4.59. The van der Waals surface area contributed by atoms with Crippen LogP contribution < -0.4 is 10.1 Å². The third-order valence-corrected chi connectivity index (χ3v) is 4.59. The number of nitrogens with one attached hydrogen (secondary N) is 1. The first-order valence-electron chi connectivity index (χ1n) is 8.45. The zero-order valence-electron chi connectivity index (χ0n) is 15.1. The van der Waals surface area contributed by atoms with Gasteiger partial charge in [0, 0.05) is 12.0 Å². The van der Waals surface area contributed by atoms with E-state index in [1.165, 1.54) is 6.26 Å². The molecule has 3 rings (SSSR count). The number of carbonyl (C=O) groups is 2. The Morgan fingerprint density at radius 2 is 1.85 bits per heavy atom. The number of carboxylic acids is 1. The van der Waals surface area contributed by atoms with Crippen molar-refractivity contribution in [2.45, 2.75) is 33.6 Å². The lowest BCUT2D eigenvalue weighted by molar-refractivity contribution is -0.136. The molecule has 0 radical (unpaired) electrons. The summed E-state index contributed by atoms with van der Waals surface area (Å²) < 4.78 is 5.79. The molecule has 0 unspecified atom stereocenters. The molecule has 0 saturated heterocycles. The van der Waals surface area contributed by atoms with E-state index in [9.17, 15) is 14.7 Å². The second-order valence-electron chi connectivity index (χ2n) is 6.49. The molecule has 1 heterocycles. The molecule has 1 aliphatic rings. The summed E-state index contributed by atoms with van der Waals surface area (Å²) in [6.45, 7) is 5.72. The van der Waals surface area contributed by atoms with Crippen molar-refractivity contribution in [3.8, 4) is 16.9 Å². The van der Waals surface area contributed by atoms with Crippen molar-refractivity contribution < 1.29 is 19.4 Å². The van der Waals surface area contributed by atoms with Crippen LogP contribution in [-0.4, -0.2) is 17.0 Å². The van der Waals surface area contributed by atoms with Gasteiger partial charge in [0.15, 0.2) is 5.75 Å². The zero-order valence-corrected chi connectivity index (χ0v) is 15.1. The number of hydrogen-bond donors (Lipinski definition) is 2. The SMILES string of the molecule is Cc1ccc(-c2c(C)c3c(c(C)c2CC(=O)O)NC(=O)C/C=C\O3)cc1. The Kier molecular flexibility index (Phi) is 4.80. The summed E-state index contributed by atoms with van der Waals surface area (Å²) in [7, 11) is 0. The number of carboxylic acid groups (broad SMARTS) is 1. The van der Waals surface area contributed by atoms with Crippen LogP contribution in [0, 0.1) is 20.8 Å². The van der Waals surface area contributed by atoms with Gasteiger partial charge in [-0.25, -0.2) is 0 Å². The van der Waals surface area contributed by atoms with Gasteiger partial charge in [0.05, 0.1) is 18.4 Å². The first-order chi connectivity index (χ1) is 12.4. The van der Waals surface area contributed by atoms with Crippen LogP contribution in [0.1, 0.15) is 28.7 Å². The topological polar surface area (TPSA) is 75.6 Å². The lowest BCUT2D eigenvalue weighted by Gasteiger charge is -2.24. The number of amides is 1. The average Bonchev–Trinajstić information content (AvgIpc) is 2.57. The van der Waals surface area contributed by atoms with E-state index in [4.69, 9.17) is 4.74 Å². The van der Waals surface area contributed by atoms with E-state index in [1.807, 2.05) is 45.0 Å². The minimum absolute atomic E-state index is 0.130. The first-order valence-corrected chi connectivity index (χ1v) is 8.45. The number of rotatable bonds is 3. The van der Waals surface area contributed by atoms with Crippen LogP contribution >= 0.6 is 0 Å². The van der Waals surface area contributed by atoms with Gasteiger partial charge in [-0.3, -0.25) is 9.59 Å². The van der Waals surface area contributed by atoms with Crippen LogP contribution in [0.2, 0.25) is 0 Å². The third kappa shape index (κ3) is 3.33. The van der Waals surface area contributed by atoms with Crippen molar-refractivity contribution in [1.29, 1.82) is 0 Å². The molecule has 2 N–H and O–H groups in total. The summed E-state index contributed by atoms with van der Waals surface area (Å²) >= 11 is 0. The normalized spacial score (nSPS) is 14.5. The van der Waals surface area contributed by atoms with E-state index in [0.29, 0.717) is 22.6 Å². The van der Waals surface area contributed by atoms with Gasteiger partial charge in [-0.15, -0.1) is 0 Å². The molecule has 0 bridgehead atoms. The molecular weight excluding hydrogens is 330 g/mol. The highest BCUT2D eigenvalue weighted by Gasteiger charge is 2.24. The lowest BCUT2D eigenvalue weighted by Crippen LogP contribution is -2.16. The molecule has 134 valence electrons. The van der Waals surface area contributed by atoms with Gasteiger partial charge < -0.3 is 15.2 Å². The van der Waals surface area contributed by atoms with Gasteiger partial charge in [0.25, 0.3) is 0 Å². The highest BCUT2D eigenvalue weighted by atomic mass is 16.5. The Bertz CT molecular complexity index is 911. The predicted molar refractivity (Wildman–Crippen MR) is 100 cm³/mol. The van der Waals surface area contributed by atoms with Crippen LogP contribution in [0.4, 0.5) is 5.69 Å². The Balaban J connectivity index is 2.32. The second kappa shape index (κ2) is 7.04. The molecule has 0 spiro atoms. The Labute approximate surface area is 152 Å². The molecule has 0 aromatic heterocycles. The fourth-order valence-electron chi connectivity index (χ4n) is 3.28. The molecule has 0 saturated carbocycles. The highest BCUT2D eigenvalue weighted by molar-refractivity contribution is 5.97. The van der Waals surface area contributed by atoms with Gasteiger partial charge in [-0.1, -0.05) is 29.8 Å². The van der Waals surface area contributed by atoms with Crippen molar-refractivity contribution in [1.82, 2.24) is 0 Å². The minimum Gasteiger partial charge on any atom is -0.481 e. The number of anilines is 1. The van der Waals surface area contributed by atoms with Crippen molar-refractivity contribution >= 4 is 17.6 Å².